The highest BCUT2D eigenvalue weighted by atomic mass is 32.2. The lowest BCUT2D eigenvalue weighted by Crippen LogP contribution is -2.42. The van der Waals surface area contributed by atoms with Crippen LogP contribution in [0.25, 0.3) is 0 Å². The van der Waals surface area contributed by atoms with E-state index in [4.69, 9.17) is 0 Å². The molecule has 0 bridgehead atoms. The van der Waals surface area contributed by atoms with E-state index in [1.54, 1.807) is 18.2 Å². The second-order valence-corrected chi connectivity index (χ2v) is 8.54. The van der Waals surface area contributed by atoms with Crippen LogP contribution in [0, 0.1) is 18.3 Å². The summed E-state index contributed by atoms with van der Waals surface area (Å²) in [5.74, 6) is -0.844. The Kier molecular flexibility index (Phi) is 5.57. The number of rotatable bonds is 5. The van der Waals surface area contributed by atoms with Gasteiger partial charge in [-0.25, -0.2) is 12.7 Å². The molecule has 0 N–H and O–H groups in total. The number of hydrogen-bond donors (Lipinski definition) is 0. The maximum atomic E-state index is 12.7. The van der Waals surface area contributed by atoms with Gasteiger partial charge in [-0.15, -0.1) is 6.58 Å². The number of nitrogens with zero attached hydrogens (tertiary/aromatic N) is 1. The zero-order chi connectivity index (χ0) is 17.1. The highest BCUT2D eigenvalue weighted by molar-refractivity contribution is 7.89. The monoisotopic (exact) mass is 323 g/mol. The zero-order valence-electron chi connectivity index (χ0n) is 14.0. The topological polar surface area (TPSA) is 54.5 Å². The van der Waals surface area contributed by atoms with Crippen molar-refractivity contribution in [3.63, 3.8) is 0 Å². The van der Waals surface area contributed by atoms with Crippen molar-refractivity contribution in [3.8, 4) is 0 Å². The quantitative estimate of drug-likeness (QED) is 0.781. The molecule has 0 aliphatic rings. The summed E-state index contributed by atoms with van der Waals surface area (Å²) in [4.78, 5) is 12.8. The van der Waals surface area contributed by atoms with Crippen LogP contribution in [-0.2, 0) is 14.8 Å². The Morgan fingerprint density at radius 3 is 2.18 bits per heavy atom. The summed E-state index contributed by atoms with van der Waals surface area (Å²) >= 11 is 0. The molecule has 0 heterocycles. The van der Waals surface area contributed by atoms with Gasteiger partial charge in [0.15, 0.2) is 0 Å². The molecule has 122 valence electrons. The highest BCUT2D eigenvalue weighted by Crippen LogP contribution is 2.32. The van der Waals surface area contributed by atoms with Crippen LogP contribution in [0.2, 0.25) is 0 Å². The minimum Gasteiger partial charge on any atom is -0.273 e. The van der Waals surface area contributed by atoms with Crippen LogP contribution < -0.4 is 0 Å². The van der Waals surface area contributed by atoms with E-state index in [1.807, 2.05) is 27.7 Å². The summed E-state index contributed by atoms with van der Waals surface area (Å²) in [6, 6.07) is 6.48. The summed E-state index contributed by atoms with van der Waals surface area (Å²) in [5.41, 5.74) is 0.620. The van der Waals surface area contributed by atoms with Gasteiger partial charge in [0.1, 0.15) is 0 Å². The van der Waals surface area contributed by atoms with Gasteiger partial charge in [0, 0.05) is 13.0 Å². The van der Waals surface area contributed by atoms with Crippen molar-refractivity contribution in [2.75, 3.05) is 7.05 Å². The van der Waals surface area contributed by atoms with E-state index in [2.05, 4.69) is 6.58 Å². The van der Waals surface area contributed by atoms with Crippen LogP contribution >= 0.6 is 0 Å². The molecule has 1 amide bonds. The van der Waals surface area contributed by atoms with Gasteiger partial charge < -0.3 is 0 Å². The van der Waals surface area contributed by atoms with Gasteiger partial charge in [0.05, 0.1) is 4.90 Å². The molecular weight excluding hydrogens is 298 g/mol. The lowest BCUT2D eigenvalue weighted by molar-refractivity contribution is -0.133. The van der Waals surface area contributed by atoms with Crippen LogP contribution in [0.5, 0.6) is 0 Å². The smallest absolute Gasteiger partial charge is 0.266 e. The molecule has 1 rings (SSSR count). The van der Waals surface area contributed by atoms with Crippen molar-refractivity contribution in [2.45, 2.75) is 39.0 Å². The molecule has 1 unspecified atom stereocenters. The van der Waals surface area contributed by atoms with Gasteiger partial charge in [-0.2, -0.15) is 0 Å². The van der Waals surface area contributed by atoms with Gasteiger partial charge in [0.2, 0.25) is 5.91 Å². The Labute approximate surface area is 133 Å². The maximum absolute atomic E-state index is 12.7. The summed E-state index contributed by atoms with van der Waals surface area (Å²) in [7, 11) is -2.51. The van der Waals surface area contributed by atoms with Crippen molar-refractivity contribution >= 4 is 15.9 Å². The number of carbonyl (C=O) groups is 1. The first-order chi connectivity index (χ1) is 10.0. The molecule has 4 nitrogen and oxygen atoms in total. The number of amides is 1. The molecule has 1 atom stereocenters. The Morgan fingerprint density at radius 1 is 1.27 bits per heavy atom. The number of benzene rings is 1. The average molecular weight is 323 g/mol. The molecular formula is C17H25NO3S. The third-order valence-electron chi connectivity index (χ3n) is 3.74. The first kappa shape index (κ1) is 18.4. The van der Waals surface area contributed by atoms with Gasteiger partial charge in [-0.1, -0.05) is 44.5 Å². The number of hydrogen-bond acceptors (Lipinski definition) is 3. The minimum atomic E-state index is -3.83. The molecule has 5 heteroatoms. The second-order valence-electron chi connectivity index (χ2n) is 6.57. The Balaban J connectivity index is 3.16. The predicted octanol–water partition coefficient (Wildman–Crippen LogP) is 3.38. The maximum Gasteiger partial charge on any atom is 0.266 e. The Bertz CT molecular complexity index is 639. The van der Waals surface area contributed by atoms with Crippen LogP contribution in [0.4, 0.5) is 0 Å². The van der Waals surface area contributed by atoms with E-state index in [0.717, 1.165) is 9.87 Å². The molecule has 0 aliphatic heterocycles. The second kappa shape index (κ2) is 6.65. The lowest BCUT2D eigenvalue weighted by atomic mass is 9.78. The third kappa shape index (κ3) is 3.97. The van der Waals surface area contributed by atoms with Gasteiger partial charge in [-0.05, 0) is 30.9 Å². The van der Waals surface area contributed by atoms with Gasteiger partial charge in [0.25, 0.3) is 10.0 Å². The Morgan fingerprint density at radius 2 is 1.77 bits per heavy atom. The van der Waals surface area contributed by atoms with E-state index >= 15 is 0 Å². The number of aryl methyl sites for hydroxylation is 1. The van der Waals surface area contributed by atoms with Crippen molar-refractivity contribution in [1.82, 2.24) is 4.31 Å². The van der Waals surface area contributed by atoms with Gasteiger partial charge in [-0.3, -0.25) is 4.79 Å². The molecule has 0 aromatic heterocycles. The van der Waals surface area contributed by atoms with Crippen molar-refractivity contribution in [1.29, 1.82) is 0 Å². The molecule has 0 saturated heterocycles. The van der Waals surface area contributed by atoms with E-state index in [0.29, 0.717) is 6.42 Å². The molecule has 1 aromatic rings. The zero-order valence-corrected chi connectivity index (χ0v) is 14.8. The summed E-state index contributed by atoms with van der Waals surface area (Å²) in [6.07, 6.45) is 2.09. The number of allylic oxidation sites excluding steroid dienone is 1. The molecule has 0 aliphatic carbocycles. The van der Waals surface area contributed by atoms with E-state index in [-0.39, 0.29) is 10.3 Å². The van der Waals surface area contributed by atoms with Gasteiger partial charge >= 0.3 is 0 Å². The standard InChI is InChI=1S/C17H25NO3S/c1-7-8-15(17(3,4)5)16(19)18(6)22(20,21)14-11-9-13(2)10-12-14/h7,9-12,15H,1,8H2,2-6H3. The molecule has 0 radical (unpaired) electrons. The largest absolute Gasteiger partial charge is 0.273 e. The van der Waals surface area contributed by atoms with Crippen LogP contribution in [0.1, 0.15) is 32.8 Å². The van der Waals surface area contributed by atoms with Crippen molar-refractivity contribution in [2.24, 2.45) is 11.3 Å². The molecule has 0 spiro atoms. The normalized spacial score (nSPS) is 13.5. The molecule has 0 fully saturated rings. The van der Waals surface area contributed by atoms with Crippen LogP contribution in [0.15, 0.2) is 41.8 Å². The Hall–Kier alpha value is -1.62. The SMILES string of the molecule is C=CCC(C(=O)N(C)S(=O)(=O)c1ccc(C)cc1)C(C)(C)C. The first-order valence-electron chi connectivity index (χ1n) is 7.22. The lowest BCUT2D eigenvalue weighted by Gasteiger charge is -2.32. The first-order valence-corrected chi connectivity index (χ1v) is 8.66. The van der Waals surface area contributed by atoms with E-state index < -0.39 is 21.8 Å². The van der Waals surface area contributed by atoms with Crippen LogP contribution in [0.3, 0.4) is 0 Å². The number of carbonyl (C=O) groups excluding carboxylic acids is 1. The molecule has 22 heavy (non-hydrogen) atoms. The highest BCUT2D eigenvalue weighted by Gasteiger charge is 2.36. The fourth-order valence-corrected chi connectivity index (χ4v) is 3.36. The fraction of sp³-hybridized carbons (Fsp3) is 0.471. The third-order valence-corrected chi connectivity index (χ3v) is 5.50. The van der Waals surface area contributed by atoms with E-state index in [9.17, 15) is 13.2 Å². The summed E-state index contributed by atoms with van der Waals surface area (Å²) in [6.45, 7) is 11.3. The van der Waals surface area contributed by atoms with Crippen molar-refractivity contribution in [3.05, 3.63) is 42.5 Å². The molecule has 1 aromatic carbocycles. The predicted molar refractivity (Wildman–Crippen MR) is 88.9 cm³/mol. The fourth-order valence-electron chi connectivity index (χ4n) is 2.20. The summed E-state index contributed by atoms with van der Waals surface area (Å²) in [5, 5.41) is 0. The molecule has 0 saturated carbocycles. The van der Waals surface area contributed by atoms with E-state index in [1.165, 1.54) is 19.2 Å². The van der Waals surface area contributed by atoms with Crippen molar-refractivity contribution < 1.29 is 13.2 Å². The average Bonchev–Trinajstić information content (AvgIpc) is 2.42. The number of sulfonamides is 1. The summed E-state index contributed by atoms with van der Waals surface area (Å²) < 4.78 is 26.1. The van der Waals surface area contributed by atoms with Crippen LogP contribution in [-0.4, -0.2) is 25.7 Å². The minimum absolute atomic E-state index is 0.125.